The highest BCUT2D eigenvalue weighted by Crippen LogP contribution is 2.28. The van der Waals surface area contributed by atoms with E-state index in [1.165, 1.54) is 12.1 Å². The lowest BCUT2D eigenvalue weighted by molar-refractivity contribution is -0.117. The van der Waals surface area contributed by atoms with E-state index in [2.05, 4.69) is 0 Å². The van der Waals surface area contributed by atoms with E-state index in [-0.39, 0.29) is 16.9 Å². The van der Waals surface area contributed by atoms with Gasteiger partial charge in [-0.3, -0.25) is 4.79 Å². The van der Waals surface area contributed by atoms with Crippen LogP contribution in [0.25, 0.3) is 0 Å². The summed E-state index contributed by atoms with van der Waals surface area (Å²) in [5.41, 5.74) is 0.723. The van der Waals surface area contributed by atoms with E-state index in [0.717, 1.165) is 24.2 Å². The quantitative estimate of drug-likeness (QED) is 0.826. The maximum Gasteiger partial charge on any atom is 0.150 e. The minimum Gasteiger partial charge on any atom is -0.298 e. The lowest BCUT2D eigenvalue weighted by Gasteiger charge is -2.08. The molecule has 1 atom stereocenters. The third kappa shape index (κ3) is 2.77. The maximum absolute atomic E-state index is 12.8. The Balaban J connectivity index is 2.05. The monoisotopic (exact) mass is 258 g/mol. The highest BCUT2D eigenvalue weighted by molar-refractivity contribution is 8.00. The average molecular weight is 259 g/mol. The fourth-order valence-corrected chi connectivity index (χ4v) is 3.25. The molecule has 0 spiro atoms. The van der Waals surface area contributed by atoms with Crippen LogP contribution < -0.4 is 0 Å². The minimum absolute atomic E-state index is 0.112. The Hall–Kier alpha value is -0.540. The Morgan fingerprint density at radius 1 is 1.56 bits per heavy atom. The zero-order valence-corrected chi connectivity index (χ0v) is 10.3. The number of Topliss-reactive ketones (excluding diaryl/α,β-unsaturated/α-hetero) is 1. The van der Waals surface area contributed by atoms with Crippen LogP contribution >= 0.6 is 23.4 Å². The molecule has 1 aromatic rings. The molecule has 1 heterocycles. The number of ketones is 1. The second-order valence-electron chi connectivity index (χ2n) is 3.88. The van der Waals surface area contributed by atoms with Crippen LogP contribution in [0.2, 0.25) is 5.02 Å². The first kappa shape index (κ1) is 11.9. The Morgan fingerprint density at radius 3 is 3.00 bits per heavy atom. The van der Waals surface area contributed by atoms with Gasteiger partial charge in [0.2, 0.25) is 0 Å². The maximum atomic E-state index is 12.8. The van der Waals surface area contributed by atoms with Crippen LogP contribution in [0.5, 0.6) is 0 Å². The van der Waals surface area contributed by atoms with Crippen molar-refractivity contribution in [3.8, 4) is 0 Å². The minimum atomic E-state index is -0.364. The van der Waals surface area contributed by atoms with E-state index in [1.54, 1.807) is 17.8 Å². The number of halogens is 2. The van der Waals surface area contributed by atoms with E-state index in [0.29, 0.717) is 11.4 Å². The number of carbonyl (C=O) groups is 1. The van der Waals surface area contributed by atoms with Crippen molar-refractivity contribution >= 4 is 29.1 Å². The summed E-state index contributed by atoms with van der Waals surface area (Å²) in [6.45, 7) is 0. The zero-order valence-electron chi connectivity index (χ0n) is 8.71. The van der Waals surface area contributed by atoms with Gasteiger partial charge in [0.25, 0.3) is 0 Å². The number of benzene rings is 1. The third-order valence-corrected chi connectivity index (χ3v) is 4.45. The molecule has 0 amide bonds. The van der Waals surface area contributed by atoms with Gasteiger partial charge < -0.3 is 0 Å². The van der Waals surface area contributed by atoms with E-state index in [1.807, 2.05) is 0 Å². The van der Waals surface area contributed by atoms with E-state index in [9.17, 15) is 9.18 Å². The second-order valence-corrected chi connectivity index (χ2v) is 5.60. The van der Waals surface area contributed by atoms with Crippen molar-refractivity contribution < 1.29 is 9.18 Å². The molecular weight excluding hydrogens is 247 g/mol. The second kappa shape index (κ2) is 5.19. The summed E-state index contributed by atoms with van der Waals surface area (Å²) >= 11 is 7.59. The first-order valence-corrected chi connectivity index (χ1v) is 6.68. The molecule has 86 valence electrons. The first-order chi connectivity index (χ1) is 7.66. The fourth-order valence-electron chi connectivity index (χ4n) is 1.80. The van der Waals surface area contributed by atoms with Crippen molar-refractivity contribution in [1.82, 2.24) is 0 Å². The zero-order chi connectivity index (χ0) is 11.5. The van der Waals surface area contributed by atoms with Crippen LogP contribution in [0.3, 0.4) is 0 Å². The molecule has 0 aromatic heterocycles. The molecule has 1 nitrogen and oxygen atoms in total. The molecule has 1 aromatic carbocycles. The Morgan fingerprint density at radius 2 is 2.38 bits per heavy atom. The summed E-state index contributed by atoms with van der Waals surface area (Å²) in [4.78, 5) is 11.9. The van der Waals surface area contributed by atoms with E-state index >= 15 is 0 Å². The number of carbonyl (C=O) groups excluding carboxylic acids is 1. The molecule has 0 N–H and O–H groups in total. The van der Waals surface area contributed by atoms with Crippen molar-refractivity contribution in [3.63, 3.8) is 0 Å². The van der Waals surface area contributed by atoms with Crippen LogP contribution in [0.15, 0.2) is 18.2 Å². The van der Waals surface area contributed by atoms with Crippen molar-refractivity contribution in [2.75, 3.05) is 5.75 Å². The van der Waals surface area contributed by atoms with Crippen LogP contribution in [0, 0.1) is 5.82 Å². The van der Waals surface area contributed by atoms with E-state index in [4.69, 9.17) is 11.6 Å². The largest absolute Gasteiger partial charge is 0.298 e. The highest BCUT2D eigenvalue weighted by atomic mass is 35.5. The molecule has 1 saturated heterocycles. The number of hydrogen-bond donors (Lipinski definition) is 0. The van der Waals surface area contributed by atoms with Gasteiger partial charge in [0.15, 0.2) is 0 Å². The molecule has 0 radical (unpaired) electrons. The van der Waals surface area contributed by atoms with Gasteiger partial charge in [-0.1, -0.05) is 17.7 Å². The summed E-state index contributed by atoms with van der Waals surface area (Å²) in [7, 11) is 0. The predicted molar refractivity (Wildman–Crippen MR) is 65.6 cm³/mol. The molecule has 0 saturated carbocycles. The van der Waals surface area contributed by atoms with Gasteiger partial charge in [0, 0.05) is 11.4 Å². The SMILES string of the molecule is O=C(Cc1ccc(F)cc1Cl)C1CCCS1. The number of thioether (sulfide) groups is 1. The van der Waals surface area contributed by atoms with Gasteiger partial charge in [-0.25, -0.2) is 4.39 Å². The third-order valence-electron chi connectivity index (χ3n) is 2.67. The van der Waals surface area contributed by atoms with Crippen LogP contribution in [0.4, 0.5) is 4.39 Å². The topological polar surface area (TPSA) is 17.1 Å². The first-order valence-electron chi connectivity index (χ1n) is 5.25. The predicted octanol–water partition coefficient (Wildman–Crippen LogP) is 3.49. The summed E-state index contributed by atoms with van der Waals surface area (Å²) in [6, 6.07) is 4.19. The molecule has 0 bridgehead atoms. The highest BCUT2D eigenvalue weighted by Gasteiger charge is 2.23. The van der Waals surface area contributed by atoms with Crippen LogP contribution in [-0.4, -0.2) is 16.8 Å². The van der Waals surface area contributed by atoms with Crippen molar-refractivity contribution in [2.45, 2.75) is 24.5 Å². The summed E-state index contributed by atoms with van der Waals surface area (Å²) < 4.78 is 12.8. The molecule has 4 heteroatoms. The normalized spacial score (nSPS) is 20.0. The standard InChI is InChI=1S/C12H12ClFOS/c13-10-7-9(14)4-3-8(10)6-11(15)12-2-1-5-16-12/h3-4,7,12H,1-2,5-6H2. The van der Waals surface area contributed by atoms with Crippen LogP contribution in [-0.2, 0) is 11.2 Å². The Labute approximate surface area is 103 Å². The molecule has 1 fully saturated rings. The van der Waals surface area contributed by atoms with Gasteiger partial charge in [0.1, 0.15) is 11.6 Å². The van der Waals surface area contributed by atoms with Gasteiger partial charge in [-0.15, -0.1) is 0 Å². The molecule has 1 unspecified atom stereocenters. The molecule has 1 aliphatic heterocycles. The van der Waals surface area contributed by atoms with Gasteiger partial charge in [-0.2, -0.15) is 11.8 Å². The lowest BCUT2D eigenvalue weighted by atomic mass is 10.0. The smallest absolute Gasteiger partial charge is 0.150 e. The van der Waals surface area contributed by atoms with Gasteiger partial charge in [-0.05, 0) is 36.3 Å². The van der Waals surface area contributed by atoms with Gasteiger partial charge in [0.05, 0.1) is 5.25 Å². The summed E-state index contributed by atoms with van der Waals surface area (Å²) in [5, 5.41) is 0.456. The number of hydrogen-bond acceptors (Lipinski definition) is 2. The summed E-state index contributed by atoms with van der Waals surface area (Å²) in [6.07, 6.45) is 2.39. The molecule has 1 aliphatic rings. The lowest BCUT2D eigenvalue weighted by Crippen LogP contribution is -2.16. The van der Waals surface area contributed by atoms with Crippen LogP contribution in [0.1, 0.15) is 18.4 Å². The van der Waals surface area contributed by atoms with E-state index < -0.39 is 0 Å². The number of rotatable bonds is 3. The molecule has 2 rings (SSSR count). The van der Waals surface area contributed by atoms with Crippen molar-refractivity contribution in [3.05, 3.63) is 34.6 Å². The molecule has 16 heavy (non-hydrogen) atoms. The van der Waals surface area contributed by atoms with Crippen molar-refractivity contribution in [2.24, 2.45) is 0 Å². The van der Waals surface area contributed by atoms with Gasteiger partial charge >= 0.3 is 0 Å². The fraction of sp³-hybridized carbons (Fsp3) is 0.417. The Bertz CT molecular complexity index is 402. The summed E-state index contributed by atoms with van der Waals surface area (Å²) in [5.74, 6) is 0.903. The average Bonchev–Trinajstić information content (AvgIpc) is 2.75. The molecular formula is C12H12ClFOS. The van der Waals surface area contributed by atoms with Crippen molar-refractivity contribution in [1.29, 1.82) is 0 Å². The molecule has 0 aliphatic carbocycles. The Kier molecular flexibility index (Phi) is 3.87.